The van der Waals surface area contributed by atoms with Crippen molar-refractivity contribution in [2.75, 3.05) is 18.3 Å². The van der Waals surface area contributed by atoms with E-state index in [0.29, 0.717) is 22.8 Å². The summed E-state index contributed by atoms with van der Waals surface area (Å²) >= 11 is 6.78. The Morgan fingerprint density at radius 2 is 2.10 bits per heavy atom. The van der Waals surface area contributed by atoms with E-state index >= 15 is 0 Å². The van der Waals surface area contributed by atoms with Crippen molar-refractivity contribution in [3.63, 3.8) is 0 Å². The van der Waals surface area contributed by atoms with E-state index in [9.17, 15) is 32.7 Å². The average Bonchev–Trinajstić information content (AvgIpc) is 3.35. The molecule has 3 N–H and O–H groups in total. The lowest BCUT2D eigenvalue weighted by Crippen LogP contribution is -2.73. The molecule has 39 heavy (non-hydrogen) atoms. The fourth-order valence-electron chi connectivity index (χ4n) is 3.58. The maximum absolute atomic E-state index is 13.3. The topological polar surface area (TPSA) is 184 Å². The first-order valence-electron chi connectivity index (χ1n) is 10.8. The van der Waals surface area contributed by atoms with Gasteiger partial charge in [-0.1, -0.05) is 29.9 Å². The van der Waals surface area contributed by atoms with Crippen molar-refractivity contribution < 1.29 is 37.5 Å². The molecule has 17 heteroatoms. The molecule has 3 amide bonds. The van der Waals surface area contributed by atoms with Gasteiger partial charge in [-0.05, 0) is 24.1 Å². The van der Waals surface area contributed by atoms with E-state index in [4.69, 9.17) is 16.4 Å². The number of halogens is 1. The molecule has 3 unspecified atom stereocenters. The smallest absolute Gasteiger partial charge is 0.330 e. The number of hydrogen-bond donors (Lipinski definition) is 3. The van der Waals surface area contributed by atoms with Crippen LogP contribution in [0.25, 0.3) is 0 Å². The number of oxime groups is 1. The number of β-lactam (4-membered cyclic amide) rings is 1. The Hall–Kier alpha value is -3.47. The van der Waals surface area contributed by atoms with E-state index in [0.717, 1.165) is 16.2 Å². The van der Waals surface area contributed by atoms with E-state index < -0.39 is 44.1 Å². The van der Waals surface area contributed by atoms with E-state index in [1.807, 2.05) is 0 Å². The van der Waals surface area contributed by atoms with Crippen molar-refractivity contribution >= 4 is 77.6 Å². The highest BCUT2D eigenvalue weighted by Crippen LogP contribution is 2.40. The number of alkyl halides is 1. The van der Waals surface area contributed by atoms with Crippen LogP contribution in [0.4, 0.5) is 5.13 Å². The van der Waals surface area contributed by atoms with Gasteiger partial charge in [0.1, 0.15) is 24.2 Å². The first-order chi connectivity index (χ1) is 18.5. The van der Waals surface area contributed by atoms with Gasteiger partial charge in [0.15, 0.2) is 16.9 Å². The normalized spacial score (nSPS) is 18.1. The van der Waals surface area contributed by atoms with E-state index in [-0.39, 0.29) is 32.9 Å². The summed E-state index contributed by atoms with van der Waals surface area (Å²) in [6, 6.07) is 3.01. The molecule has 208 valence electrons. The predicted molar refractivity (Wildman–Crippen MR) is 145 cm³/mol. The number of aliphatic carboxylic acids is 1. The molecule has 3 atom stereocenters. The van der Waals surface area contributed by atoms with Crippen LogP contribution in [0.3, 0.4) is 0 Å². The Morgan fingerprint density at radius 3 is 2.69 bits per heavy atom. The summed E-state index contributed by atoms with van der Waals surface area (Å²) in [7, 11) is -2.67. The lowest BCUT2D eigenvalue weighted by Gasteiger charge is -2.48. The number of hydrogen-bond acceptors (Lipinski definition) is 11. The number of rotatable bonds is 13. The highest BCUT2D eigenvalue weighted by molar-refractivity contribution is 8.72. The van der Waals surface area contributed by atoms with Crippen molar-refractivity contribution in [2.24, 2.45) is 5.16 Å². The molecule has 1 saturated heterocycles. The molecule has 0 aliphatic carbocycles. The highest BCUT2D eigenvalue weighted by atomic mass is 35.5. The minimum atomic E-state index is -4.14. The molecule has 0 spiro atoms. The number of carboxylic acid groups (broad SMARTS) is 1. The standard InChI is InChI=1S/C22H22ClN5O8S3/c1-11-6-4-5-7-14(11)39(34,35)38-20-16(19(31)28(20)17(21(32)33)12(2)8-23)26-18(30)15(27-36-3)13-9-37-22(25-13)24-10-29/h4-7,9-10,16-17,20H,2,8H2,1,3H3,(H,26,30)(H,32,33)(H,24,25,29). The Morgan fingerprint density at radius 1 is 1.41 bits per heavy atom. The van der Waals surface area contributed by atoms with Gasteiger partial charge in [0, 0.05) is 22.1 Å². The molecule has 1 fully saturated rings. The van der Waals surface area contributed by atoms with Crippen LogP contribution in [0.15, 0.2) is 51.8 Å². The number of nitrogens with one attached hydrogen (secondary N) is 2. The number of aromatic nitrogens is 1. The van der Waals surface area contributed by atoms with Crippen molar-refractivity contribution in [2.45, 2.75) is 29.3 Å². The highest BCUT2D eigenvalue weighted by Gasteiger charge is 2.56. The van der Waals surface area contributed by atoms with Crippen LogP contribution < -0.4 is 10.6 Å². The van der Waals surface area contributed by atoms with Crippen LogP contribution in [-0.2, 0) is 32.9 Å². The van der Waals surface area contributed by atoms with Gasteiger partial charge < -0.3 is 25.5 Å². The zero-order valence-corrected chi connectivity index (χ0v) is 23.6. The largest absolute Gasteiger partial charge is 0.479 e. The molecule has 1 aliphatic heterocycles. The summed E-state index contributed by atoms with van der Waals surface area (Å²) in [5.74, 6) is -3.62. The van der Waals surface area contributed by atoms with Crippen LogP contribution in [0.1, 0.15) is 11.3 Å². The minimum absolute atomic E-state index is 0.00277. The average molecular weight is 616 g/mol. The number of anilines is 1. The number of likely N-dealkylation sites (tertiary alicyclic amines) is 1. The third-order valence-electron chi connectivity index (χ3n) is 5.35. The fourth-order valence-corrected chi connectivity index (χ4v) is 8.33. The SMILES string of the molecule is C=C(CCl)C(C(=O)O)N1C(=O)C(NC(=O)C(=NOC)c2csc(NC=O)n2)C1SS(=O)(=O)c1ccccc1C. The third kappa shape index (κ3) is 6.41. The van der Waals surface area contributed by atoms with Crippen LogP contribution in [-0.4, -0.2) is 83.8 Å². The van der Waals surface area contributed by atoms with E-state index in [1.165, 1.54) is 24.6 Å². The van der Waals surface area contributed by atoms with Crippen molar-refractivity contribution in [1.82, 2.24) is 15.2 Å². The molecule has 2 aromatic rings. The van der Waals surface area contributed by atoms with Gasteiger partial charge in [-0.25, -0.2) is 18.2 Å². The fraction of sp³-hybridized carbons (Fsp3) is 0.273. The Labute approximate surface area is 235 Å². The summed E-state index contributed by atoms with van der Waals surface area (Å²) in [5, 5.41) is 18.3. The van der Waals surface area contributed by atoms with Gasteiger partial charge in [0.05, 0.1) is 4.90 Å². The maximum atomic E-state index is 13.3. The van der Waals surface area contributed by atoms with Crippen molar-refractivity contribution in [1.29, 1.82) is 0 Å². The van der Waals surface area contributed by atoms with Gasteiger partial charge in [-0.3, -0.25) is 14.4 Å². The molecule has 1 aromatic heterocycles. The number of nitrogens with zero attached hydrogens (tertiary/aromatic N) is 3. The van der Waals surface area contributed by atoms with Crippen LogP contribution in [0, 0.1) is 6.92 Å². The number of amides is 3. The Kier molecular flexibility index (Phi) is 9.71. The molecule has 0 bridgehead atoms. The predicted octanol–water partition coefficient (Wildman–Crippen LogP) is 1.39. The van der Waals surface area contributed by atoms with Crippen molar-refractivity contribution in [3.05, 3.63) is 53.1 Å². The Bertz CT molecular complexity index is 1440. The molecule has 0 radical (unpaired) electrons. The summed E-state index contributed by atoms with van der Waals surface area (Å²) < 4.78 is 26.6. The number of thiazole rings is 1. The van der Waals surface area contributed by atoms with E-state index in [1.54, 1.807) is 19.1 Å². The van der Waals surface area contributed by atoms with Crippen LogP contribution in [0.5, 0.6) is 0 Å². The molecular weight excluding hydrogens is 594 g/mol. The molecule has 13 nitrogen and oxygen atoms in total. The number of carboxylic acids is 1. The number of carbonyl (C=O) groups excluding carboxylic acids is 3. The van der Waals surface area contributed by atoms with E-state index in [2.05, 4.69) is 27.4 Å². The summed E-state index contributed by atoms with van der Waals surface area (Å²) in [4.78, 5) is 58.6. The number of aryl methyl sites for hydroxylation is 1. The summed E-state index contributed by atoms with van der Waals surface area (Å²) in [5.41, 5.74) is 0.00780. The lowest BCUT2D eigenvalue weighted by atomic mass is 9.99. The van der Waals surface area contributed by atoms with Crippen LogP contribution >= 0.6 is 33.7 Å². The Balaban J connectivity index is 1.98. The second-order valence-electron chi connectivity index (χ2n) is 7.86. The summed E-state index contributed by atoms with van der Waals surface area (Å²) in [6.07, 6.45) is 0.391. The van der Waals surface area contributed by atoms with Crippen molar-refractivity contribution in [3.8, 4) is 0 Å². The number of benzene rings is 1. The van der Waals surface area contributed by atoms with Gasteiger partial charge in [0.25, 0.3) is 5.91 Å². The van der Waals surface area contributed by atoms with Gasteiger partial charge in [0.2, 0.25) is 21.2 Å². The second kappa shape index (κ2) is 12.6. The molecule has 0 saturated carbocycles. The third-order valence-corrected chi connectivity index (χ3v) is 10.3. The van der Waals surface area contributed by atoms with Gasteiger partial charge in [-0.2, -0.15) is 0 Å². The van der Waals surface area contributed by atoms with Crippen LogP contribution in [0.2, 0.25) is 0 Å². The molecule has 1 aliphatic rings. The minimum Gasteiger partial charge on any atom is -0.479 e. The first-order valence-corrected chi connectivity index (χ1v) is 15.1. The zero-order chi connectivity index (χ0) is 28.9. The number of carbonyl (C=O) groups is 4. The molecular formula is C22H22ClN5O8S3. The van der Waals surface area contributed by atoms with Gasteiger partial charge >= 0.3 is 5.97 Å². The molecule has 2 heterocycles. The quantitative estimate of drug-likeness (QED) is 0.0566. The molecule has 3 rings (SSSR count). The second-order valence-corrected chi connectivity index (χ2v) is 12.9. The maximum Gasteiger partial charge on any atom is 0.330 e. The monoisotopic (exact) mass is 615 g/mol. The molecule has 1 aromatic carbocycles. The van der Waals surface area contributed by atoms with Gasteiger partial charge in [-0.15, -0.1) is 22.9 Å². The summed E-state index contributed by atoms with van der Waals surface area (Å²) in [6.45, 7) is 5.19. The first kappa shape index (κ1) is 30.1. The lowest BCUT2D eigenvalue weighted by molar-refractivity contribution is -0.159. The zero-order valence-electron chi connectivity index (χ0n) is 20.4.